The largest absolute Gasteiger partial charge is 0.462 e. The molecule has 49 heavy (non-hydrogen) atoms. The molecular weight excluding hydrogens is 608 g/mol. The van der Waals surface area contributed by atoms with Crippen LogP contribution in [0.25, 0.3) is 11.2 Å². The number of carbonyl (C=O) groups excluding carboxylic acids is 1. The quantitative estimate of drug-likeness (QED) is 0.0578. The minimum Gasteiger partial charge on any atom is -0.462 e. The first kappa shape index (κ1) is 42.9. The van der Waals surface area contributed by atoms with Crippen LogP contribution in [0.15, 0.2) is 12.7 Å². The summed E-state index contributed by atoms with van der Waals surface area (Å²) < 4.78 is 8.17. The lowest BCUT2D eigenvalue weighted by Crippen LogP contribution is -2.28. The fraction of sp³-hybridized carbons (Fsp3) is 0.854. The maximum Gasteiger partial charge on any atom is 0.306 e. The maximum absolute atomic E-state index is 12.8. The summed E-state index contributed by atoms with van der Waals surface area (Å²) >= 11 is 0. The van der Waals surface area contributed by atoms with Crippen LogP contribution in [0.3, 0.4) is 0 Å². The predicted molar refractivity (Wildman–Crippen MR) is 208 cm³/mol. The number of nitrogens with zero attached hydrogens (tertiary/aromatic N) is 5. The number of ether oxygens (including phenoxy) is 1. The summed E-state index contributed by atoms with van der Waals surface area (Å²) in [6.45, 7) is 11.1. The van der Waals surface area contributed by atoms with Crippen LogP contribution in [0.4, 0.5) is 5.82 Å². The van der Waals surface area contributed by atoms with Gasteiger partial charge in [-0.15, -0.1) is 0 Å². The van der Waals surface area contributed by atoms with Gasteiger partial charge in [0.25, 0.3) is 0 Å². The minimum absolute atomic E-state index is 0.0342. The number of fused-ring (bicyclic) bond motifs is 1. The third-order valence-corrected chi connectivity index (χ3v) is 10.0. The molecule has 0 fully saturated rings. The topological polar surface area (TPSA) is 99.2 Å². The summed E-state index contributed by atoms with van der Waals surface area (Å²) in [7, 11) is 0. The molecule has 2 N–H and O–H groups in total. The Labute approximate surface area is 301 Å². The molecule has 8 nitrogen and oxygen atoms in total. The monoisotopic (exact) mass is 685 g/mol. The summed E-state index contributed by atoms with van der Waals surface area (Å²) in [5.41, 5.74) is 7.50. The van der Waals surface area contributed by atoms with E-state index in [1.807, 2.05) is 6.33 Å². The SMILES string of the molecule is CCCCCCCCC(CCCCCCCC)OC(=O)CCCCCCCN(CCCCCCCC)CCCn1cnc2c(N)ncnc21. The second-order valence-electron chi connectivity index (χ2n) is 14.6. The lowest BCUT2D eigenvalue weighted by Gasteiger charge is -2.22. The van der Waals surface area contributed by atoms with Gasteiger partial charge in [-0.25, -0.2) is 15.0 Å². The van der Waals surface area contributed by atoms with Crippen LogP contribution in [0.5, 0.6) is 0 Å². The van der Waals surface area contributed by atoms with Crippen molar-refractivity contribution in [2.45, 2.75) is 207 Å². The number of aromatic nitrogens is 4. The van der Waals surface area contributed by atoms with Crippen LogP contribution in [0, 0.1) is 0 Å². The molecule has 0 aliphatic heterocycles. The van der Waals surface area contributed by atoms with E-state index in [-0.39, 0.29) is 12.1 Å². The van der Waals surface area contributed by atoms with Gasteiger partial charge < -0.3 is 19.9 Å². The second-order valence-corrected chi connectivity index (χ2v) is 14.6. The first-order valence-corrected chi connectivity index (χ1v) is 20.9. The highest BCUT2D eigenvalue weighted by atomic mass is 16.5. The summed E-state index contributed by atoms with van der Waals surface area (Å²) in [4.78, 5) is 28.4. The fourth-order valence-corrected chi connectivity index (χ4v) is 6.92. The first-order valence-electron chi connectivity index (χ1n) is 20.9. The van der Waals surface area contributed by atoms with Gasteiger partial charge in [0.2, 0.25) is 0 Å². The van der Waals surface area contributed by atoms with Gasteiger partial charge in [-0.3, -0.25) is 4.79 Å². The van der Waals surface area contributed by atoms with Crippen LogP contribution in [0.1, 0.15) is 194 Å². The Morgan fingerprint density at radius 3 is 1.71 bits per heavy atom. The normalized spacial score (nSPS) is 11.8. The number of aryl methyl sites for hydroxylation is 1. The number of nitrogens with two attached hydrogens (primary N) is 1. The van der Waals surface area contributed by atoms with E-state index in [1.165, 1.54) is 148 Å². The molecule has 0 amide bonds. The van der Waals surface area contributed by atoms with Crippen LogP contribution in [-0.4, -0.2) is 56.1 Å². The van der Waals surface area contributed by atoms with Crippen LogP contribution < -0.4 is 5.73 Å². The van der Waals surface area contributed by atoms with E-state index >= 15 is 0 Å². The van der Waals surface area contributed by atoms with Crippen molar-refractivity contribution in [2.75, 3.05) is 25.4 Å². The molecule has 0 bridgehead atoms. The molecule has 0 aliphatic carbocycles. The van der Waals surface area contributed by atoms with Crippen LogP contribution >= 0.6 is 0 Å². The van der Waals surface area contributed by atoms with E-state index in [4.69, 9.17) is 10.5 Å². The standard InChI is InChI=1S/C41H76N6O2/c1-4-7-10-13-17-22-28-37(29-23-18-14-11-8-5-2)49-38(48)30-24-19-16-21-26-32-46(31-25-20-15-12-9-6-3)33-27-34-47-36-45-39-40(42)43-35-44-41(39)47/h35-37H,4-34H2,1-3H3,(H2,42,43,44). The molecule has 0 spiro atoms. The van der Waals surface area contributed by atoms with E-state index in [0.717, 1.165) is 57.4 Å². The molecule has 2 heterocycles. The Hall–Kier alpha value is -2.22. The van der Waals surface area contributed by atoms with Crippen LogP contribution in [-0.2, 0) is 16.1 Å². The molecule has 2 rings (SSSR count). The van der Waals surface area contributed by atoms with Crippen LogP contribution in [0.2, 0.25) is 0 Å². The Balaban J connectivity index is 1.67. The molecule has 0 aromatic carbocycles. The predicted octanol–water partition coefficient (Wildman–Crippen LogP) is 11.2. The molecule has 0 unspecified atom stereocenters. The van der Waals surface area contributed by atoms with Crippen molar-refractivity contribution >= 4 is 23.0 Å². The third-order valence-electron chi connectivity index (χ3n) is 10.0. The Bertz CT molecular complexity index is 1040. The number of hydrogen-bond acceptors (Lipinski definition) is 7. The third kappa shape index (κ3) is 20.9. The van der Waals surface area contributed by atoms with Crippen molar-refractivity contribution in [2.24, 2.45) is 0 Å². The number of nitrogen functional groups attached to an aromatic ring is 1. The van der Waals surface area contributed by atoms with Crippen molar-refractivity contribution in [3.63, 3.8) is 0 Å². The average Bonchev–Trinajstić information content (AvgIpc) is 3.52. The van der Waals surface area contributed by atoms with Gasteiger partial charge in [0, 0.05) is 13.0 Å². The maximum atomic E-state index is 12.8. The van der Waals surface area contributed by atoms with Crippen molar-refractivity contribution in [3.8, 4) is 0 Å². The Morgan fingerprint density at radius 2 is 1.14 bits per heavy atom. The number of imidazole rings is 1. The number of unbranched alkanes of at least 4 members (excludes halogenated alkanes) is 19. The van der Waals surface area contributed by atoms with Gasteiger partial charge in [0.05, 0.1) is 6.33 Å². The molecule has 0 radical (unpaired) electrons. The van der Waals surface area contributed by atoms with Crippen molar-refractivity contribution in [3.05, 3.63) is 12.7 Å². The van der Waals surface area contributed by atoms with E-state index < -0.39 is 0 Å². The summed E-state index contributed by atoms with van der Waals surface area (Å²) in [5, 5.41) is 0. The number of anilines is 1. The van der Waals surface area contributed by atoms with Gasteiger partial charge >= 0.3 is 5.97 Å². The minimum atomic E-state index is 0.0342. The Morgan fingerprint density at radius 1 is 0.653 bits per heavy atom. The molecule has 282 valence electrons. The molecular formula is C41H76N6O2. The zero-order valence-electron chi connectivity index (χ0n) is 32.3. The van der Waals surface area contributed by atoms with Crippen molar-refractivity contribution in [1.82, 2.24) is 24.4 Å². The van der Waals surface area contributed by atoms with E-state index in [0.29, 0.717) is 17.8 Å². The molecule has 2 aromatic heterocycles. The smallest absolute Gasteiger partial charge is 0.306 e. The van der Waals surface area contributed by atoms with Crippen molar-refractivity contribution in [1.29, 1.82) is 0 Å². The summed E-state index contributed by atoms with van der Waals surface area (Å²) in [6.07, 6.45) is 36.4. The molecule has 0 atom stereocenters. The van der Waals surface area contributed by atoms with Gasteiger partial charge in [-0.1, -0.05) is 136 Å². The fourth-order valence-electron chi connectivity index (χ4n) is 6.92. The lowest BCUT2D eigenvalue weighted by molar-refractivity contribution is -0.150. The first-order chi connectivity index (χ1) is 24.1. The summed E-state index contributed by atoms with van der Waals surface area (Å²) in [6, 6.07) is 0. The molecule has 0 saturated heterocycles. The van der Waals surface area contributed by atoms with E-state index in [1.54, 1.807) is 0 Å². The van der Waals surface area contributed by atoms with Gasteiger partial charge in [-0.2, -0.15) is 0 Å². The molecule has 2 aromatic rings. The molecule has 0 saturated carbocycles. The van der Waals surface area contributed by atoms with E-state index in [9.17, 15) is 4.79 Å². The highest BCUT2D eigenvalue weighted by molar-refractivity contribution is 5.81. The number of esters is 1. The van der Waals surface area contributed by atoms with Crippen molar-refractivity contribution < 1.29 is 9.53 Å². The molecule has 0 aliphatic rings. The average molecular weight is 685 g/mol. The van der Waals surface area contributed by atoms with E-state index in [2.05, 4.69) is 45.2 Å². The van der Waals surface area contributed by atoms with Gasteiger partial charge in [0.1, 0.15) is 17.9 Å². The Kier molecular flexibility index (Phi) is 25.9. The number of hydrogen-bond donors (Lipinski definition) is 1. The zero-order chi connectivity index (χ0) is 35.2. The second kappa shape index (κ2) is 29.5. The number of carbonyl (C=O) groups is 1. The molecule has 8 heteroatoms. The number of rotatable bonds is 34. The summed E-state index contributed by atoms with van der Waals surface area (Å²) in [5.74, 6) is 0.480. The lowest BCUT2D eigenvalue weighted by atomic mass is 10.0. The van der Waals surface area contributed by atoms with Gasteiger partial charge in [0.15, 0.2) is 11.5 Å². The highest BCUT2D eigenvalue weighted by Gasteiger charge is 2.15. The van der Waals surface area contributed by atoms with Gasteiger partial charge in [-0.05, 0) is 71.0 Å². The zero-order valence-corrected chi connectivity index (χ0v) is 32.3. The highest BCUT2D eigenvalue weighted by Crippen LogP contribution is 2.19.